The van der Waals surface area contributed by atoms with E-state index in [0.717, 1.165) is 32.9 Å². The minimum Gasteiger partial charge on any atom is -0.479 e. The molecule has 0 bridgehead atoms. The van der Waals surface area contributed by atoms with Gasteiger partial charge in [0.2, 0.25) is 5.88 Å². The Hall–Kier alpha value is -2.13. The van der Waals surface area contributed by atoms with E-state index in [1.165, 1.54) is 7.11 Å². The Balaban J connectivity index is 1.47. The van der Waals surface area contributed by atoms with Gasteiger partial charge in [-0.15, -0.1) is 5.10 Å². The number of thiazole rings is 1. The Bertz CT molecular complexity index is 961. The Morgan fingerprint density at radius 1 is 1.27 bits per heavy atom. The Kier molecular flexibility index (Phi) is 4.58. The largest absolute Gasteiger partial charge is 0.479 e. The van der Waals surface area contributed by atoms with Crippen LogP contribution in [0.2, 0.25) is 0 Å². The standard InChI is InChI=1S/C17H18BrN5O2S/c1-21-10-12(15(20-21)25-2)16(24)22-5-7-23(8-6-22)17-19-13-4-3-11(18)9-14(13)26-17/h3-4,9-10H,5-8H2,1-2H3. The molecule has 26 heavy (non-hydrogen) atoms. The smallest absolute Gasteiger partial charge is 0.261 e. The van der Waals surface area contributed by atoms with Gasteiger partial charge in [0.1, 0.15) is 5.56 Å². The number of aryl methyl sites for hydroxylation is 1. The number of fused-ring (bicyclic) bond motifs is 1. The van der Waals surface area contributed by atoms with Crippen molar-refractivity contribution in [3.05, 3.63) is 34.4 Å². The molecule has 0 atom stereocenters. The van der Waals surface area contributed by atoms with Crippen LogP contribution >= 0.6 is 27.3 Å². The van der Waals surface area contributed by atoms with Crippen molar-refractivity contribution in [3.63, 3.8) is 0 Å². The summed E-state index contributed by atoms with van der Waals surface area (Å²) in [6.07, 6.45) is 1.71. The molecule has 9 heteroatoms. The molecule has 136 valence electrons. The molecule has 1 fully saturated rings. The molecule has 0 radical (unpaired) electrons. The summed E-state index contributed by atoms with van der Waals surface area (Å²) in [7, 11) is 3.31. The molecule has 0 N–H and O–H groups in total. The second-order valence-corrected chi connectivity index (χ2v) is 8.04. The fourth-order valence-corrected chi connectivity index (χ4v) is 4.63. The van der Waals surface area contributed by atoms with Crippen molar-refractivity contribution in [2.45, 2.75) is 0 Å². The molecule has 0 spiro atoms. The fourth-order valence-electron chi connectivity index (χ4n) is 3.06. The number of piperazine rings is 1. The maximum atomic E-state index is 12.8. The van der Waals surface area contributed by atoms with Gasteiger partial charge in [0.05, 0.1) is 17.3 Å². The van der Waals surface area contributed by atoms with Crippen LogP contribution in [0.5, 0.6) is 5.88 Å². The summed E-state index contributed by atoms with van der Waals surface area (Å²) in [6, 6.07) is 6.11. The summed E-state index contributed by atoms with van der Waals surface area (Å²) in [6.45, 7) is 2.82. The zero-order valence-corrected chi connectivity index (χ0v) is 16.9. The highest BCUT2D eigenvalue weighted by atomic mass is 79.9. The predicted octanol–water partition coefficient (Wildman–Crippen LogP) is 2.76. The van der Waals surface area contributed by atoms with Gasteiger partial charge in [0.15, 0.2) is 5.13 Å². The molecule has 1 aromatic carbocycles. The number of anilines is 1. The molecule has 1 amide bonds. The average Bonchev–Trinajstić information content (AvgIpc) is 3.24. The van der Waals surface area contributed by atoms with Gasteiger partial charge in [-0.25, -0.2) is 4.98 Å². The zero-order valence-electron chi connectivity index (χ0n) is 14.5. The van der Waals surface area contributed by atoms with Crippen molar-refractivity contribution in [1.29, 1.82) is 0 Å². The van der Waals surface area contributed by atoms with E-state index < -0.39 is 0 Å². The average molecular weight is 436 g/mol. The number of amides is 1. The van der Waals surface area contributed by atoms with Crippen LogP contribution in [0.25, 0.3) is 10.2 Å². The summed E-state index contributed by atoms with van der Waals surface area (Å²) in [5.74, 6) is 0.333. The van der Waals surface area contributed by atoms with E-state index in [4.69, 9.17) is 9.72 Å². The summed E-state index contributed by atoms with van der Waals surface area (Å²) in [4.78, 5) is 21.6. The number of benzene rings is 1. The number of ether oxygens (including phenoxy) is 1. The van der Waals surface area contributed by atoms with E-state index in [9.17, 15) is 4.79 Å². The number of carbonyl (C=O) groups is 1. The number of hydrogen-bond donors (Lipinski definition) is 0. The van der Waals surface area contributed by atoms with Crippen molar-refractivity contribution >= 4 is 48.5 Å². The third-order valence-corrected chi connectivity index (χ3v) is 5.97. The number of aromatic nitrogens is 3. The van der Waals surface area contributed by atoms with Crippen molar-refractivity contribution in [1.82, 2.24) is 19.7 Å². The van der Waals surface area contributed by atoms with Crippen LogP contribution in [0.3, 0.4) is 0 Å². The molecule has 2 aromatic heterocycles. The Morgan fingerprint density at radius 3 is 2.77 bits per heavy atom. The van der Waals surface area contributed by atoms with Gasteiger partial charge in [-0.05, 0) is 18.2 Å². The van der Waals surface area contributed by atoms with Gasteiger partial charge in [-0.2, -0.15) is 0 Å². The summed E-state index contributed by atoms with van der Waals surface area (Å²) in [5, 5.41) is 5.17. The molecule has 7 nitrogen and oxygen atoms in total. The lowest BCUT2D eigenvalue weighted by atomic mass is 10.2. The first-order chi connectivity index (χ1) is 12.5. The van der Waals surface area contributed by atoms with Crippen LogP contribution < -0.4 is 9.64 Å². The van der Waals surface area contributed by atoms with Crippen molar-refractivity contribution in [2.24, 2.45) is 7.05 Å². The van der Waals surface area contributed by atoms with Gasteiger partial charge >= 0.3 is 0 Å². The van der Waals surface area contributed by atoms with Crippen LogP contribution in [0.1, 0.15) is 10.4 Å². The second-order valence-electron chi connectivity index (χ2n) is 6.11. The van der Waals surface area contributed by atoms with Crippen molar-refractivity contribution in [2.75, 3.05) is 38.2 Å². The fraction of sp³-hybridized carbons (Fsp3) is 0.353. The molecule has 1 aliphatic heterocycles. The van der Waals surface area contributed by atoms with Crippen LogP contribution in [-0.2, 0) is 7.05 Å². The Labute approximate surface area is 163 Å². The second kappa shape index (κ2) is 6.88. The molecule has 1 aliphatic rings. The van der Waals surface area contributed by atoms with Crippen LogP contribution in [0.15, 0.2) is 28.9 Å². The molecular weight excluding hydrogens is 418 g/mol. The normalized spacial score (nSPS) is 14.9. The van der Waals surface area contributed by atoms with Gasteiger partial charge in [-0.3, -0.25) is 9.48 Å². The zero-order chi connectivity index (χ0) is 18.3. The number of rotatable bonds is 3. The highest BCUT2D eigenvalue weighted by Gasteiger charge is 2.27. The van der Waals surface area contributed by atoms with E-state index >= 15 is 0 Å². The van der Waals surface area contributed by atoms with Crippen molar-refractivity contribution in [3.8, 4) is 5.88 Å². The highest BCUT2D eigenvalue weighted by molar-refractivity contribution is 9.10. The third-order valence-electron chi connectivity index (χ3n) is 4.40. The molecule has 0 unspecified atom stereocenters. The van der Waals surface area contributed by atoms with Crippen LogP contribution in [-0.4, -0.2) is 58.9 Å². The quantitative estimate of drug-likeness (QED) is 0.632. The lowest BCUT2D eigenvalue weighted by Crippen LogP contribution is -2.48. The molecule has 0 aliphatic carbocycles. The van der Waals surface area contributed by atoms with E-state index in [1.54, 1.807) is 29.3 Å². The van der Waals surface area contributed by atoms with E-state index in [0.29, 0.717) is 24.5 Å². The number of nitrogens with zero attached hydrogens (tertiary/aromatic N) is 5. The minimum atomic E-state index is -0.0390. The maximum absolute atomic E-state index is 12.8. The topological polar surface area (TPSA) is 63.5 Å². The van der Waals surface area contributed by atoms with E-state index in [-0.39, 0.29) is 5.91 Å². The molecular formula is C17H18BrN5O2S. The molecule has 4 rings (SSSR count). The predicted molar refractivity (Wildman–Crippen MR) is 105 cm³/mol. The summed E-state index contributed by atoms with van der Waals surface area (Å²) < 4.78 is 9.03. The first-order valence-corrected chi connectivity index (χ1v) is 9.84. The number of carbonyl (C=O) groups excluding carboxylic acids is 1. The third kappa shape index (κ3) is 3.16. The van der Waals surface area contributed by atoms with Crippen LogP contribution in [0, 0.1) is 0 Å². The monoisotopic (exact) mass is 435 g/mol. The van der Waals surface area contributed by atoms with E-state index in [1.807, 2.05) is 17.0 Å². The van der Waals surface area contributed by atoms with Crippen LogP contribution in [0.4, 0.5) is 5.13 Å². The van der Waals surface area contributed by atoms with Gasteiger partial charge < -0.3 is 14.5 Å². The summed E-state index contributed by atoms with van der Waals surface area (Å²) in [5.41, 5.74) is 1.51. The first kappa shape index (κ1) is 17.3. The van der Waals surface area contributed by atoms with Crippen molar-refractivity contribution < 1.29 is 9.53 Å². The number of hydrogen-bond acceptors (Lipinski definition) is 6. The minimum absolute atomic E-state index is 0.0390. The summed E-state index contributed by atoms with van der Waals surface area (Å²) >= 11 is 5.18. The van der Waals surface area contributed by atoms with Gasteiger partial charge in [0, 0.05) is 43.9 Å². The molecule has 3 aromatic rings. The molecule has 3 heterocycles. The molecule has 1 saturated heterocycles. The molecule has 0 saturated carbocycles. The first-order valence-electron chi connectivity index (χ1n) is 8.23. The lowest BCUT2D eigenvalue weighted by molar-refractivity contribution is 0.0743. The van der Waals surface area contributed by atoms with Gasteiger partial charge in [-0.1, -0.05) is 27.3 Å². The Morgan fingerprint density at radius 2 is 2.04 bits per heavy atom. The maximum Gasteiger partial charge on any atom is 0.261 e. The van der Waals surface area contributed by atoms with E-state index in [2.05, 4.69) is 32.0 Å². The SMILES string of the molecule is COc1nn(C)cc1C(=O)N1CCN(c2nc3ccc(Br)cc3s2)CC1. The number of halogens is 1. The van der Waals surface area contributed by atoms with Gasteiger partial charge in [0.25, 0.3) is 5.91 Å². The highest BCUT2D eigenvalue weighted by Crippen LogP contribution is 2.31. The number of methoxy groups -OCH3 is 1. The lowest BCUT2D eigenvalue weighted by Gasteiger charge is -2.34.